The van der Waals surface area contributed by atoms with E-state index in [9.17, 15) is 0 Å². The van der Waals surface area contributed by atoms with Gasteiger partial charge in [0.25, 0.3) is 0 Å². The lowest BCUT2D eigenvalue weighted by Gasteiger charge is -2.12. The van der Waals surface area contributed by atoms with E-state index in [1.807, 2.05) is 13.8 Å². The van der Waals surface area contributed by atoms with E-state index in [2.05, 4.69) is 23.5 Å². The molecular formula is C12H21N3O2. The zero-order chi connectivity index (χ0) is 12.8. The first kappa shape index (κ1) is 13.6. The van der Waals surface area contributed by atoms with Crippen molar-refractivity contribution in [1.82, 2.24) is 5.32 Å². The first-order valence-electron chi connectivity index (χ1n) is 5.81. The van der Waals surface area contributed by atoms with Gasteiger partial charge in [-0.2, -0.15) is 0 Å². The van der Waals surface area contributed by atoms with Crippen molar-refractivity contribution in [1.29, 1.82) is 0 Å². The van der Waals surface area contributed by atoms with Crippen molar-refractivity contribution in [3.63, 3.8) is 0 Å². The number of hydrogen-bond donors (Lipinski definition) is 3. The summed E-state index contributed by atoms with van der Waals surface area (Å²) < 4.78 is 5.49. The Morgan fingerprint density at radius 2 is 2.29 bits per heavy atom. The van der Waals surface area contributed by atoms with Crippen LogP contribution in [0.25, 0.3) is 0 Å². The standard InChI is InChI=1S/C12H21N3O2/c1-8-7-11(10(3)17-8)9(2)14-6-4-5-12(13)15-16/h7,9,14,16H,4-6H2,1-3H3,(H2,13,15). The Bertz CT molecular complexity index is 385. The van der Waals surface area contributed by atoms with E-state index >= 15 is 0 Å². The fourth-order valence-electron chi connectivity index (χ4n) is 1.83. The molecule has 0 fully saturated rings. The van der Waals surface area contributed by atoms with Crippen molar-refractivity contribution in [2.45, 2.75) is 39.7 Å². The van der Waals surface area contributed by atoms with E-state index in [4.69, 9.17) is 15.4 Å². The minimum Gasteiger partial charge on any atom is -0.466 e. The summed E-state index contributed by atoms with van der Waals surface area (Å²) in [5, 5.41) is 14.7. The molecule has 0 saturated heterocycles. The molecule has 96 valence electrons. The summed E-state index contributed by atoms with van der Waals surface area (Å²) in [7, 11) is 0. The van der Waals surface area contributed by atoms with Crippen LogP contribution in [0.4, 0.5) is 0 Å². The van der Waals surface area contributed by atoms with E-state index in [0.717, 1.165) is 24.5 Å². The van der Waals surface area contributed by atoms with Crippen LogP contribution in [0.1, 0.15) is 42.9 Å². The van der Waals surface area contributed by atoms with Gasteiger partial charge in [-0.05, 0) is 39.8 Å². The highest BCUT2D eigenvalue weighted by Gasteiger charge is 2.11. The Morgan fingerprint density at radius 3 is 2.82 bits per heavy atom. The third-order valence-electron chi connectivity index (χ3n) is 2.73. The highest BCUT2D eigenvalue weighted by Crippen LogP contribution is 2.20. The van der Waals surface area contributed by atoms with Gasteiger partial charge in [0.1, 0.15) is 17.4 Å². The summed E-state index contributed by atoms with van der Waals surface area (Å²) in [6, 6.07) is 2.30. The average molecular weight is 239 g/mol. The molecule has 1 aromatic rings. The molecule has 5 heteroatoms. The van der Waals surface area contributed by atoms with Gasteiger partial charge in [0.2, 0.25) is 0 Å². The Balaban J connectivity index is 2.35. The normalized spacial score (nSPS) is 13.9. The lowest BCUT2D eigenvalue weighted by molar-refractivity contribution is 0.316. The molecule has 0 aliphatic rings. The topological polar surface area (TPSA) is 83.8 Å². The first-order valence-corrected chi connectivity index (χ1v) is 5.81. The molecule has 1 rings (SSSR count). The molecule has 0 aliphatic carbocycles. The molecule has 4 N–H and O–H groups in total. The number of nitrogens with two attached hydrogens (primary N) is 1. The highest BCUT2D eigenvalue weighted by atomic mass is 16.4. The van der Waals surface area contributed by atoms with Gasteiger partial charge in [0.05, 0.1) is 0 Å². The van der Waals surface area contributed by atoms with Gasteiger partial charge < -0.3 is 20.7 Å². The second kappa shape index (κ2) is 6.30. The third-order valence-corrected chi connectivity index (χ3v) is 2.73. The Labute approximate surface area is 102 Å². The molecule has 0 saturated carbocycles. The van der Waals surface area contributed by atoms with Gasteiger partial charge in [0, 0.05) is 18.0 Å². The van der Waals surface area contributed by atoms with Gasteiger partial charge in [-0.3, -0.25) is 0 Å². The fraction of sp³-hybridized carbons (Fsp3) is 0.583. The fourth-order valence-corrected chi connectivity index (χ4v) is 1.83. The number of rotatable bonds is 6. The third kappa shape index (κ3) is 4.11. The van der Waals surface area contributed by atoms with Crippen LogP contribution in [0, 0.1) is 13.8 Å². The van der Waals surface area contributed by atoms with Crippen molar-refractivity contribution >= 4 is 5.84 Å². The minimum atomic E-state index is 0.250. The van der Waals surface area contributed by atoms with Crippen molar-refractivity contribution in [2.24, 2.45) is 10.9 Å². The quantitative estimate of drug-likeness (QED) is 0.233. The second-order valence-corrected chi connectivity index (χ2v) is 4.24. The summed E-state index contributed by atoms with van der Waals surface area (Å²) in [5.41, 5.74) is 6.57. The van der Waals surface area contributed by atoms with E-state index < -0.39 is 0 Å². The zero-order valence-electron chi connectivity index (χ0n) is 10.7. The average Bonchev–Trinajstić information content (AvgIpc) is 2.63. The summed E-state index contributed by atoms with van der Waals surface area (Å²) in [5.74, 6) is 2.16. The molecule has 0 radical (unpaired) electrons. The SMILES string of the molecule is Cc1cc(C(C)NCCCC(N)=NO)c(C)o1. The van der Waals surface area contributed by atoms with Crippen LogP contribution in [0.3, 0.4) is 0 Å². The molecule has 1 heterocycles. The smallest absolute Gasteiger partial charge is 0.139 e. The van der Waals surface area contributed by atoms with Crippen LogP contribution in [0.5, 0.6) is 0 Å². The molecule has 0 amide bonds. The zero-order valence-corrected chi connectivity index (χ0v) is 10.7. The number of nitrogens with one attached hydrogen (secondary N) is 1. The van der Waals surface area contributed by atoms with Crippen LogP contribution in [0.2, 0.25) is 0 Å². The number of nitrogens with zero attached hydrogens (tertiary/aromatic N) is 1. The highest BCUT2D eigenvalue weighted by molar-refractivity contribution is 5.79. The maximum absolute atomic E-state index is 8.39. The van der Waals surface area contributed by atoms with Crippen LogP contribution < -0.4 is 11.1 Å². The van der Waals surface area contributed by atoms with Crippen molar-refractivity contribution < 1.29 is 9.62 Å². The largest absolute Gasteiger partial charge is 0.466 e. The maximum atomic E-state index is 8.39. The number of oxime groups is 1. The minimum absolute atomic E-state index is 0.250. The van der Waals surface area contributed by atoms with E-state index in [1.165, 1.54) is 5.56 Å². The predicted octanol–water partition coefficient (Wildman–Crippen LogP) is 2.07. The maximum Gasteiger partial charge on any atom is 0.139 e. The molecule has 1 unspecified atom stereocenters. The Morgan fingerprint density at radius 1 is 1.59 bits per heavy atom. The van der Waals surface area contributed by atoms with E-state index in [-0.39, 0.29) is 11.9 Å². The molecule has 0 spiro atoms. The molecule has 5 nitrogen and oxygen atoms in total. The lowest BCUT2D eigenvalue weighted by Crippen LogP contribution is -2.22. The van der Waals surface area contributed by atoms with Crippen LogP contribution >= 0.6 is 0 Å². The Kier molecular flexibility index (Phi) is 5.03. The van der Waals surface area contributed by atoms with Crippen LogP contribution in [-0.2, 0) is 0 Å². The summed E-state index contributed by atoms with van der Waals surface area (Å²) in [6.07, 6.45) is 1.44. The number of amidine groups is 1. The summed E-state index contributed by atoms with van der Waals surface area (Å²) in [4.78, 5) is 0. The number of aryl methyl sites for hydroxylation is 2. The van der Waals surface area contributed by atoms with Crippen molar-refractivity contribution in [2.75, 3.05) is 6.54 Å². The summed E-state index contributed by atoms with van der Waals surface area (Å²) in [6.45, 7) is 6.83. The van der Waals surface area contributed by atoms with Gasteiger partial charge in [-0.1, -0.05) is 5.16 Å². The van der Waals surface area contributed by atoms with Gasteiger partial charge in [-0.25, -0.2) is 0 Å². The predicted molar refractivity (Wildman–Crippen MR) is 67.2 cm³/mol. The van der Waals surface area contributed by atoms with E-state index in [0.29, 0.717) is 6.42 Å². The molecule has 0 aromatic carbocycles. The second-order valence-electron chi connectivity index (χ2n) is 4.24. The van der Waals surface area contributed by atoms with Crippen molar-refractivity contribution in [3.8, 4) is 0 Å². The van der Waals surface area contributed by atoms with Crippen LogP contribution in [-0.4, -0.2) is 17.6 Å². The lowest BCUT2D eigenvalue weighted by atomic mass is 10.1. The monoisotopic (exact) mass is 239 g/mol. The van der Waals surface area contributed by atoms with E-state index in [1.54, 1.807) is 0 Å². The Hall–Kier alpha value is -1.49. The molecule has 0 aliphatic heterocycles. The number of furan rings is 1. The van der Waals surface area contributed by atoms with Crippen LogP contribution in [0.15, 0.2) is 15.6 Å². The van der Waals surface area contributed by atoms with Gasteiger partial charge >= 0.3 is 0 Å². The van der Waals surface area contributed by atoms with Crippen molar-refractivity contribution in [3.05, 3.63) is 23.2 Å². The summed E-state index contributed by atoms with van der Waals surface area (Å²) >= 11 is 0. The molecular weight excluding hydrogens is 218 g/mol. The molecule has 1 atom stereocenters. The number of hydrogen-bond acceptors (Lipinski definition) is 4. The molecule has 17 heavy (non-hydrogen) atoms. The first-order chi connectivity index (χ1) is 8.04. The molecule has 1 aromatic heterocycles. The van der Waals surface area contributed by atoms with Gasteiger partial charge in [0.15, 0.2) is 0 Å². The van der Waals surface area contributed by atoms with Gasteiger partial charge in [-0.15, -0.1) is 0 Å². The molecule has 0 bridgehead atoms.